The van der Waals surface area contributed by atoms with Crippen molar-refractivity contribution >= 4 is 16.9 Å². The fourth-order valence-corrected chi connectivity index (χ4v) is 3.28. The van der Waals surface area contributed by atoms with Crippen LogP contribution in [-0.2, 0) is 0 Å². The van der Waals surface area contributed by atoms with Gasteiger partial charge in [0, 0.05) is 31.7 Å². The molecule has 4 rings (SSSR count). The van der Waals surface area contributed by atoms with E-state index < -0.39 is 0 Å². The minimum atomic E-state index is 0.951. The topological polar surface area (TPSA) is 32.3 Å². The van der Waals surface area contributed by atoms with Gasteiger partial charge in [-0.2, -0.15) is 0 Å². The number of benzene rings is 2. The van der Waals surface area contributed by atoms with E-state index in [1.165, 1.54) is 0 Å². The number of piperazine rings is 1. The summed E-state index contributed by atoms with van der Waals surface area (Å²) in [4.78, 5) is 14.8. The first-order valence-electron chi connectivity index (χ1n) is 8.64. The Hall–Kier alpha value is -2.46. The van der Waals surface area contributed by atoms with Crippen molar-refractivity contribution in [2.75, 3.05) is 37.6 Å². The van der Waals surface area contributed by atoms with Crippen molar-refractivity contribution in [1.82, 2.24) is 14.9 Å². The van der Waals surface area contributed by atoms with Crippen LogP contribution >= 0.6 is 0 Å². The van der Waals surface area contributed by atoms with Crippen molar-refractivity contribution in [2.24, 2.45) is 0 Å². The van der Waals surface area contributed by atoms with E-state index in [1.807, 2.05) is 30.3 Å². The zero-order valence-corrected chi connectivity index (χ0v) is 14.0. The Morgan fingerprint density at radius 3 is 2.08 bits per heavy atom. The maximum Gasteiger partial charge on any atom is 0.156 e. The minimum absolute atomic E-state index is 0.951. The number of nitrogens with zero attached hydrogens (tertiary/aromatic N) is 4. The Morgan fingerprint density at radius 2 is 1.42 bits per heavy atom. The van der Waals surface area contributed by atoms with Crippen LogP contribution in [0, 0.1) is 0 Å². The van der Waals surface area contributed by atoms with Gasteiger partial charge in [-0.05, 0) is 18.7 Å². The van der Waals surface area contributed by atoms with Crippen LogP contribution in [0.5, 0.6) is 0 Å². The lowest BCUT2D eigenvalue weighted by atomic mass is 10.1. The standard InChI is InChI=1S/C20H22N4/c1-2-23-12-14-24(15-13-23)20-19(16-8-4-3-5-9-16)21-17-10-6-7-11-18(17)22-20/h3-11H,2,12-15H2,1H3. The van der Waals surface area contributed by atoms with Crippen molar-refractivity contribution in [3.63, 3.8) is 0 Å². The number of anilines is 1. The summed E-state index contributed by atoms with van der Waals surface area (Å²) in [5.41, 5.74) is 4.03. The lowest BCUT2D eigenvalue weighted by Crippen LogP contribution is -2.46. The van der Waals surface area contributed by atoms with Crippen molar-refractivity contribution in [2.45, 2.75) is 6.92 Å². The first-order chi connectivity index (χ1) is 11.8. The molecule has 1 saturated heterocycles. The third kappa shape index (κ3) is 2.85. The van der Waals surface area contributed by atoms with Gasteiger partial charge in [0.05, 0.1) is 11.0 Å². The van der Waals surface area contributed by atoms with Crippen molar-refractivity contribution in [3.8, 4) is 11.3 Å². The molecular formula is C20H22N4. The van der Waals surface area contributed by atoms with E-state index in [0.717, 1.165) is 60.8 Å². The minimum Gasteiger partial charge on any atom is -0.352 e. The van der Waals surface area contributed by atoms with Gasteiger partial charge in [-0.15, -0.1) is 0 Å². The monoisotopic (exact) mass is 318 g/mol. The van der Waals surface area contributed by atoms with E-state index in [0.29, 0.717) is 0 Å². The highest BCUT2D eigenvalue weighted by molar-refractivity contribution is 5.83. The SMILES string of the molecule is CCN1CCN(c2nc3ccccc3nc2-c2ccccc2)CC1. The quantitative estimate of drug-likeness (QED) is 0.740. The molecule has 3 aromatic rings. The molecule has 0 N–H and O–H groups in total. The largest absolute Gasteiger partial charge is 0.352 e. The van der Waals surface area contributed by atoms with Gasteiger partial charge in [-0.1, -0.05) is 49.4 Å². The molecule has 1 aliphatic rings. The Morgan fingerprint density at radius 1 is 0.792 bits per heavy atom. The summed E-state index contributed by atoms with van der Waals surface area (Å²) in [6, 6.07) is 18.5. The summed E-state index contributed by atoms with van der Waals surface area (Å²) in [5, 5.41) is 0. The van der Waals surface area contributed by atoms with Gasteiger partial charge < -0.3 is 9.80 Å². The maximum atomic E-state index is 4.97. The highest BCUT2D eigenvalue weighted by atomic mass is 15.3. The maximum absolute atomic E-state index is 4.97. The average Bonchev–Trinajstić information content (AvgIpc) is 2.68. The van der Waals surface area contributed by atoms with Crippen molar-refractivity contribution < 1.29 is 0 Å². The molecule has 0 unspecified atom stereocenters. The first kappa shape index (κ1) is 15.1. The summed E-state index contributed by atoms with van der Waals surface area (Å²) in [7, 11) is 0. The molecular weight excluding hydrogens is 296 g/mol. The van der Waals surface area contributed by atoms with Crippen LogP contribution in [0.15, 0.2) is 54.6 Å². The molecule has 4 heteroatoms. The molecule has 0 saturated carbocycles. The van der Waals surface area contributed by atoms with E-state index in [1.54, 1.807) is 0 Å². The zero-order chi connectivity index (χ0) is 16.4. The third-order valence-electron chi connectivity index (χ3n) is 4.72. The summed E-state index contributed by atoms with van der Waals surface area (Å²) >= 11 is 0. The van der Waals surface area contributed by atoms with E-state index in [9.17, 15) is 0 Å². The van der Waals surface area contributed by atoms with Crippen LogP contribution in [0.1, 0.15) is 6.92 Å². The van der Waals surface area contributed by atoms with Crippen LogP contribution in [-0.4, -0.2) is 47.6 Å². The van der Waals surface area contributed by atoms with Gasteiger partial charge in [0.15, 0.2) is 5.82 Å². The van der Waals surface area contributed by atoms with Gasteiger partial charge in [0.2, 0.25) is 0 Å². The van der Waals surface area contributed by atoms with Crippen LogP contribution in [0.25, 0.3) is 22.3 Å². The fourth-order valence-electron chi connectivity index (χ4n) is 3.28. The normalized spacial score (nSPS) is 15.8. The molecule has 1 fully saturated rings. The predicted octanol–water partition coefficient (Wildman–Crippen LogP) is 3.44. The summed E-state index contributed by atoms with van der Waals surface area (Å²) in [5.74, 6) is 1.01. The molecule has 0 amide bonds. The summed E-state index contributed by atoms with van der Waals surface area (Å²) in [6.45, 7) is 7.50. The van der Waals surface area contributed by atoms with Gasteiger partial charge in [0.25, 0.3) is 0 Å². The van der Waals surface area contributed by atoms with Crippen LogP contribution in [0.3, 0.4) is 0 Å². The lowest BCUT2D eigenvalue weighted by Gasteiger charge is -2.35. The number of para-hydroxylation sites is 2. The highest BCUT2D eigenvalue weighted by Crippen LogP contribution is 2.30. The van der Waals surface area contributed by atoms with E-state index in [4.69, 9.17) is 9.97 Å². The molecule has 24 heavy (non-hydrogen) atoms. The number of likely N-dealkylation sites (N-methyl/N-ethyl adjacent to an activating group) is 1. The molecule has 122 valence electrons. The number of rotatable bonds is 3. The smallest absolute Gasteiger partial charge is 0.156 e. The number of hydrogen-bond acceptors (Lipinski definition) is 4. The van der Waals surface area contributed by atoms with Crippen molar-refractivity contribution in [1.29, 1.82) is 0 Å². The summed E-state index contributed by atoms with van der Waals surface area (Å²) in [6.07, 6.45) is 0. The third-order valence-corrected chi connectivity index (χ3v) is 4.72. The summed E-state index contributed by atoms with van der Waals surface area (Å²) < 4.78 is 0. The number of fused-ring (bicyclic) bond motifs is 1. The number of hydrogen-bond donors (Lipinski definition) is 0. The molecule has 0 radical (unpaired) electrons. The zero-order valence-electron chi connectivity index (χ0n) is 14.0. The molecule has 0 bridgehead atoms. The second kappa shape index (κ2) is 6.57. The molecule has 0 aliphatic carbocycles. The molecule has 2 heterocycles. The predicted molar refractivity (Wildman–Crippen MR) is 99.3 cm³/mol. The van der Waals surface area contributed by atoms with Gasteiger partial charge in [-0.25, -0.2) is 9.97 Å². The second-order valence-electron chi connectivity index (χ2n) is 6.17. The molecule has 4 nitrogen and oxygen atoms in total. The van der Waals surface area contributed by atoms with Gasteiger partial charge >= 0.3 is 0 Å². The Bertz CT molecular complexity index is 823. The Kier molecular flexibility index (Phi) is 4.13. The van der Waals surface area contributed by atoms with Crippen LogP contribution in [0.2, 0.25) is 0 Å². The Balaban J connectivity index is 1.80. The molecule has 0 spiro atoms. The van der Waals surface area contributed by atoms with E-state index >= 15 is 0 Å². The van der Waals surface area contributed by atoms with E-state index in [-0.39, 0.29) is 0 Å². The highest BCUT2D eigenvalue weighted by Gasteiger charge is 2.21. The van der Waals surface area contributed by atoms with Crippen molar-refractivity contribution in [3.05, 3.63) is 54.6 Å². The number of aromatic nitrogens is 2. The molecule has 1 aromatic heterocycles. The molecule has 1 aliphatic heterocycles. The lowest BCUT2D eigenvalue weighted by molar-refractivity contribution is 0.270. The van der Waals surface area contributed by atoms with Gasteiger partial charge in [-0.3, -0.25) is 0 Å². The van der Waals surface area contributed by atoms with Crippen LogP contribution < -0.4 is 4.90 Å². The second-order valence-corrected chi connectivity index (χ2v) is 6.17. The average molecular weight is 318 g/mol. The van der Waals surface area contributed by atoms with E-state index in [2.05, 4.69) is 41.0 Å². The fraction of sp³-hybridized carbons (Fsp3) is 0.300. The first-order valence-corrected chi connectivity index (χ1v) is 8.64. The van der Waals surface area contributed by atoms with Crippen LogP contribution in [0.4, 0.5) is 5.82 Å². The molecule has 2 aromatic carbocycles. The Labute approximate surface area is 142 Å². The molecule has 0 atom stereocenters. The van der Waals surface area contributed by atoms with Gasteiger partial charge in [0.1, 0.15) is 5.69 Å².